The molecule has 0 saturated carbocycles. The Morgan fingerprint density at radius 2 is 1.75 bits per heavy atom. The van der Waals surface area contributed by atoms with Crippen LogP contribution in [0, 0.1) is 0 Å². The largest absolute Gasteiger partial charge is 0.460 e. The lowest BCUT2D eigenvalue weighted by atomic mass is 10.1. The van der Waals surface area contributed by atoms with Crippen molar-refractivity contribution in [1.82, 2.24) is 0 Å². The van der Waals surface area contributed by atoms with Gasteiger partial charge in [0.1, 0.15) is 4.90 Å². The molecule has 124 valence electrons. The summed E-state index contributed by atoms with van der Waals surface area (Å²) in [6, 6.07) is 13.0. The van der Waals surface area contributed by atoms with Crippen molar-refractivity contribution in [2.24, 2.45) is 5.73 Å². The van der Waals surface area contributed by atoms with Gasteiger partial charge < -0.3 is 14.7 Å². The molecule has 2 aromatic rings. The predicted molar refractivity (Wildman–Crippen MR) is 86.2 cm³/mol. The summed E-state index contributed by atoms with van der Waals surface area (Å²) >= 11 is 5.79. The number of benzene rings is 2. The first kappa shape index (κ1) is 15.0. The molecule has 0 unspecified atom stereocenters. The van der Waals surface area contributed by atoms with E-state index in [0.29, 0.717) is 5.02 Å². The fourth-order valence-electron chi connectivity index (χ4n) is 2.03. The van der Waals surface area contributed by atoms with Gasteiger partial charge in [0.15, 0.2) is 6.08 Å². The van der Waals surface area contributed by atoms with Crippen LogP contribution in [0.2, 0.25) is 5.02 Å². The predicted octanol–water partition coefficient (Wildman–Crippen LogP) is 2.51. The van der Waals surface area contributed by atoms with Gasteiger partial charge in [0.05, 0.1) is 1.37 Å². The standard InChI is InChI=1S/C16H12ClNO5S/c17-11-8-6-10(7-9-11)14-13(19)15(16(18)22-14)23-24(20,21)12-4-2-1-3-5-12/h1-9,14H,18H2/t14-/m1/s1/i14D. The molecule has 0 saturated heterocycles. The average Bonchev–Trinajstić information content (AvgIpc) is 2.80. The molecule has 0 fully saturated rings. The van der Waals surface area contributed by atoms with E-state index in [2.05, 4.69) is 0 Å². The minimum atomic E-state index is -4.29. The summed E-state index contributed by atoms with van der Waals surface area (Å²) in [6.45, 7) is 0. The number of Topliss-reactive ketones (excluding diaryl/α,β-unsaturated/α-hetero) is 1. The van der Waals surface area contributed by atoms with Gasteiger partial charge in [0.2, 0.25) is 17.4 Å². The number of hydrogen-bond acceptors (Lipinski definition) is 6. The highest BCUT2D eigenvalue weighted by Gasteiger charge is 2.39. The van der Waals surface area contributed by atoms with Crippen molar-refractivity contribution in [3.05, 3.63) is 76.8 Å². The number of hydrogen-bond donors (Lipinski definition) is 1. The molecule has 6 nitrogen and oxygen atoms in total. The Morgan fingerprint density at radius 1 is 1.12 bits per heavy atom. The van der Waals surface area contributed by atoms with Gasteiger partial charge in [0.25, 0.3) is 0 Å². The van der Waals surface area contributed by atoms with Gasteiger partial charge >= 0.3 is 10.1 Å². The second-order valence-electron chi connectivity index (χ2n) is 4.81. The van der Waals surface area contributed by atoms with Gasteiger partial charge in [-0.05, 0) is 24.3 Å². The molecule has 0 amide bonds. The number of carbonyl (C=O) groups is 1. The number of ether oxygens (including phenoxy) is 1. The first-order chi connectivity index (χ1) is 11.7. The van der Waals surface area contributed by atoms with E-state index in [1.165, 1.54) is 48.5 Å². The molecule has 0 bridgehead atoms. The van der Waals surface area contributed by atoms with Crippen LogP contribution in [-0.4, -0.2) is 14.2 Å². The van der Waals surface area contributed by atoms with Crippen molar-refractivity contribution in [1.29, 1.82) is 0 Å². The molecule has 0 aromatic heterocycles. The zero-order valence-corrected chi connectivity index (χ0v) is 13.7. The molecule has 8 heteroatoms. The first-order valence-electron chi connectivity index (χ1n) is 7.23. The van der Waals surface area contributed by atoms with E-state index in [0.717, 1.165) is 0 Å². The minimum absolute atomic E-state index is 0.139. The van der Waals surface area contributed by atoms with Crippen LogP contribution in [0.15, 0.2) is 71.1 Å². The van der Waals surface area contributed by atoms with Gasteiger partial charge in [-0.25, -0.2) is 0 Å². The van der Waals surface area contributed by atoms with E-state index in [4.69, 9.17) is 27.6 Å². The maximum atomic E-state index is 12.6. The number of rotatable bonds is 4. The fraction of sp³-hybridized carbons (Fsp3) is 0.0625. The molecule has 0 aliphatic carbocycles. The third kappa shape index (κ3) is 3.08. The molecular weight excluding hydrogens is 354 g/mol. The van der Waals surface area contributed by atoms with Crippen molar-refractivity contribution >= 4 is 27.5 Å². The van der Waals surface area contributed by atoms with Gasteiger partial charge in [-0.1, -0.05) is 41.9 Å². The normalized spacial score (nSPS) is 21.4. The molecule has 0 radical (unpaired) electrons. The molecule has 3 rings (SSSR count). The Hall–Kier alpha value is -2.51. The van der Waals surface area contributed by atoms with Gasteiger partial charge in [-0.2, -0.15) is 8.42 Å². The third-order valence-corrected chi connectivity index (χ3v) is 4.67. The van der Waals surface area contributed by atoms with Crippen LogP contribution >= 0.6 is 11.6 Å². The lowest BCUT2D eigenvalue weighted by molar-refractivity contribution is -0.123. The number of carbonyl (C=O) groups excluding carboxylic acids is 1. The fourth-order valence-corrected chi connectivity index (χ4v) is 3.12. The monoisotopic (exact) mass is 366 g/mol. The lowest BCUT2D eigenvalue weighted by Crippen LogP contribution is -2.15. The molecular formula is C16H12ClNO5S. The summed E-state index contributed by atoms with van der Waals surface area (Å²) in [4.78, 5) is 12.4. The summed E-state index contributed by atoms with van der Waals surface area (Å²) in [5.41, 5.74) is 5.74. The van der Waals surface area contributed by atoms with Crippen molar-refractivity contribution < 1.29 is 23.5 Å². The topological polar surface area (TPSA) is 95.7 Å². The number of ketones is 1. The zero-order chi connectivity index (χ0) is 18.2. The zero-order valence-electron chi connectivity index (χ0n) is 13.1. The maximum Gasteiger partial charge on any atom is 0.339 e. The summed E-state index contributed by atoms with van der Waals surface area (Å²) in [5, 5.41) is 0.404. The van der Waals surface area contributed by atoms with Gasteiger partial charge in [-0.15, -0.1) is 0 Å². The van der Waals surface area contributed by atoms with Crippen LogP contribution in [-0.2, 0) is 23.8 Å². The van der Waals surface area contributed by atoms with Crippen molar-refractivity contribution in [2.75, 3.05) is 0 Å². The van der Waals surface area contributed by atoms with Gasteiger partial charge in [0, 0.05) is 10.6 Å². The second kappa shape index (κ2) is 6.18. The SMILES string of the molecule is [2H][C@]1(c2ccc(Cl)cc2)OC(N)=C(OS(=O)(=O)c2ccccc2)C1=O. The summed E-state index contributed by atoms with van der Waals surface area (Å²) in [6.07, 6.45) is -2.24. The van der Waals surface area contributed by atoms with Crippen molar-refractivity contribution in [3.63, 3.8) is 0 Å². The molecule has 1 aliphatic rings. The van der Waals surface area contributed by atoms with Crippen LogP contribution in [0.4, 0.5) is 0 Å². The van der Waals surface area contributed by atoms with Crippen LogP contribution in [0.25, 0.3) is 0 Å². The van der Waals surface area contributed by atoms with Gasteiger partial charge in [-0.3, -0.25) is 4.79 Å². The van der Waals surface area contributed by atoms with Crippen molar-refractivity contribution in [2.45, 2.75) is 11.0 Å². The Balaban J connectivity index is 1.92. The van der Waals surface area contributed by atoms with Crippen LogP contribution in [0.1, 0.15) is 13.0 Å². The molecule has 1 aliphatic heterocycles. The van der Waals surface area contributed by atoms with E-state index in [-0.39, 0.29) is 10.5 Å². The first-order valence-corrected chi connectivity index (χ1v) is 8.52. The van der Waals surface area contributed by atoms with E-state index in [1.54, 1.807) is 6.07 Å². The van der Waals surface area contributed by atoms with E-state index >= 15 is 0 Å². The molecule has 1 atom stereocenters. The van der Waals surface area contributed by atoms with Crippen LogP contribution < -0.4 is 5.73 Å². The molecule has 2 N–H and O–H groups in total. The molecule has 1 heterocycles. The van der Waals surface area contributed by atoms with E-state index in [1.807, 2.05) is 0 Å². The highest BCUT2D eigenvalue weighted by Crippen LogP contribution is 2.33. The minimum Gasteiger partial charge on any atom is -0.460 e. The second-order valence-corrected chi connectivity index (χ2v) is 6.79. The third-order valence-electron chi connectivity index (χ3n) is 3.18. The van der Waals surface area contributed by atoms with E-state index in [9.17, 15) is 13.2 Å². The highest BCUT2D eigenvalue weighted by atomic mass is 35.5. The number of nitrogens with two attached hydrogens (primary N) is 1. The molecule has 2 aromatic carbocycles. The van der Waals surface area contributed by atoms with Crippen LogP contribution in [0.5, 0.6) is 0 Å². The summed E-state index contributed by atoms with van der Waals surface area (Å²) in [5.74, 6) is -2.32. The Kier molecular flexibility index (Phi) is 3.87. The number of halogens is 1. The maximum absolute atomic E-state index is 12.6. The summed E-state index contributed by atoms with van der Waals surface area (Å²) in [7, 11) is -4.29. The Bertz CT molecular complexity index is 960. The quantitative estimate of drug-likeness (QED) is 0.835. The Labute approximate surface area is 145 Å². The Morgan fingerprint density at radius 3 is 2.38 bits per heavy atom. The lowest BCUT2D eigenvalue weighted by Gasteiger charge is -2.09. The van der Waals surface area contributed by atoms with Crippen LogP contribution in [0.3, 0.4) is 0 Å². The summed E-state index contributed by atoms with van der Waals surface area (Å²) < 4.78 is 42.8. The average molecular weight is 367 g/mol. The smallest absolute Gasteiger partial charge is 0.339 e. The molecule has 0 spiro atoms. The molecule has 24 heavy (non-hydrogen) atoms. The van der Waals surface area contributed by atoms with Crippen molar-refractivity contribution in [3.8, 4) is 0 Å². The highest BCUT2D eigenvalue weighted by molar-refractivity contribution is 7.86. The van der Waals surface area contributed by atoms with E-state index < -0.39 is 33.6 Å².